The molecular weight excluding hydrogens is 386 g/mol. The number of hydrogen-bond acceptors (Lipinski definition) is 5. The van der Waals surface area contributed by atoms with Crippen molar-refractivity contribution in [2.45, 2.75) is 6.92 Å². The number of amides is 2. The molecule has 0 saturated heterocycles. The van der Waals surface area contributed by atoms with Gasteiger partial charge in [0, 0.05) is 34.6 Å². The van der Waals surface area contributed by atoms with E-state index in [4.69, 9.17) is 4.74 Å². The molecule has 0 atom stereocenters. The molecule has 8 nitrogen and oxygen atoms in total. The summed E-state index contributed by atoms with van der Waals surface area (Å²) < 4.78 is 5.01. The average Bonchev–Trinajstić information content (AvgIpc) is 2.76. The molecule has 0 aliphatic rings. The van der Waals surface area contributed by atoms with Gasteiger partial charge in [-0.1, -0.05) is 24.3 Å². The van der Waals surface area contributed by atoms with Crippen molar-refractivity contribution in [1.29, 1.82) is 0 Å². The molecule has 8 heteroatoms. The van der Waals surface area contributed by atoms with E-state index in [0.29, 0.717) is 22.5 Å². The van der Waals surface area contributed by atoms with Gasteiger partial charge in [-0.15, -0.1) is 0 Å². The number of benzene rings is 3. The predicted molar refractivity (Wildman–Crippen MR) is 113 cm³/mol. The molecule has 0 spiro atoms. The minimum absolute atomic E-state index is 0.00625. The van der Waals surface area contributed by atoms with Gasteiger partial charge in [0.1, 0.15) is 0 Å². The molecule has 0 bridgehead atoms. The lowest BCUT2D eigenvalue weighted by Gasteiger charge is -2.14. The van der Waals surface area contributed by atoms with Crippen molar-refractivity contribution in [2.24, 2.45) is 0 Å². The Morgan fingerprint density at radius 3 is 2.03 bits per heavy atom. The van der Waals surface area contributed by atoms with Crippen molar-refractivity contribution in [3.05, 3.63) is 93.5 Å². The number of ether oxygens (including phenoxy) is 1. The van der Waals surface area contributed by atoms with Gasteiger partial charge in [0.2, 0.25) is 0 Å². The van der Waals surface area contributed by atoms with Crippen molar-refractivity contribution in [2.75, 3.05) is 17.7 Å². The zero-order valence-electron chi connectivity index (χ0n) is 16.3. The number of hydrogen-bond donors (Lipinski definition) is 2. The summed E-state index contributed by atoms with van der Waals surface area (Å²) >= 11 is 0. The van der Waals surface area contributed by atoms with Crippen LogP contribution in [0.4, 0.5) is 17.1 Å². The van der Waals surface area contributed by atoms with Crippen molar-refractivity contribution in [1.82, 2.24) is 0 Å². The largest absolute Gasteiger partial charge is 0.490 e. The number of nitro benzene ring substituents is 1. The van der Waals surface area contributed by atoms with Crippen LogP contribution in [-0.4, -0.2) is 23.8 Å². The monoisotopic (exact) mass is 405 g/mol. The third-order valence-corrected chi connectivity index (χ3v) is 4.50. The Morgan fingerprint density at radius 2 is 1.47 bits per heavy atom. The normalized spacial score (nSPS) is 10.2. The Kier molecular flexibility index (Phi) is 6.07. The lowest BCUT2D eigenvalue weighted by molar-refractivity contribution is -0.385. The Hall–Kier alpha value is -4.20. The lowest BCUT2D eigenvalue weighted by Crippen LogP contribution is -2.16. The molecule has 152 valence electrons. The summed E-state index contributed by atoms with van der Waals surface area (Å²) in [6.07, 6.45) is 0. The SMILES string of the molecule is COc1cc(C(=O)Nc2cccc(NC(=O)c3ccccc3)c2C)ccc1[N+](=O)[O-]. The first-order valence-corrected chi connectivity index (χ1v) is 9.00. The van der Waals surface area contributed by atoms with E-state index in [1.807, 2.05) is 6.07 Å². The van der Waals surface area contributed by atoms with Gasteiger partial charge >= 0.3 is 5.69 Å². The quantitative estimate of drug-likeness (QED) is 0.466. The number of nitrogens with one attached hydrogen (secondary N) is 2. The summed E-state index contributed by atoms with van der Waals surface area (Å²) in [6.45, 7) is 1.77. The molecule has 2 N–H and O–H groups in total. The lowest BCUT2D eigenvalue weighted by atomic mass is 10.1. The van der Waals surface area contributed by atoms with E-state index in [0.717, 1.165) is 0 Å². The molecule has 3 rings (SSSR count). The second-order valence-corrected chi connectivity index (χ2v) is 6.40. The van der Waals surface area contributed by atoms with E-state index < -0.39 is 10.8 Å². The number of anilines is 2. The van der Waals surface area contributed by atoms with E-state index in [-0.39, 0.29) is 22.9 Å². The van der Waals surface area contributed by atoms with Crippen LogP contribution in [0.5, 0.6) is 5.75 Å². The fourth-order valence-electron chi connectivity index (χ4n) is 2.85. The van der Waals surface area contributed by atoms with Crippen LogP contribution in [0.3, 0.4) is 0 Å². The molecule has 0 radical (unpaired) electrons. The number of methoxy groups -OCH3 is 1. The van der Waals surface area contributed by atoms with Gasteiger partial charge < -0.3 is 15.4 Å². The standard InChI is InChI=1S/C22H19N3O5/c1-14-17(23-21(26)15-7-4-3-5-8-15)9-6-10-18(14)24-22(27)16-11-12-19(25(28)29)20(13-16)30-2/h3-13H,1-2H3,(H,23,26)(H,24,27). The molecule has 0 aliphatic heterocycles. The van der Waals surface area contributed by atoms with E-state index in [2.05, 4.69) is 10.6 Å². The van der Waals surface area contributed by atoms with Crippen LogP contribution in [-0.2, 0) is 0 Å². The molecule has 0 unspecified atom stereocenters. The highest BCUT2D eigenvalue weighted by Crippen LogP contribution is 2.29. The van der Waals surface area contributed by atoms with Gasteiger partial charge in [0.05, 0.1) is 12.0 Å². The van der Waals surface area contributed by atoms with E-state index in [1.54, 1.807) is 49.4 Å². The van der Waals surface area contributed by atoms with E-state index in [1.165, 1.54) is 25.3 Å². The highest BCUT2D eigenvalue weighted by molar-refractivity contribution is 6.07. The highest BCUT2D eigenvalue weighted by atomic mass is 16.6. The molecule has 0 aliphatic carbocycles. The molecule has 0 fully saturated rings. The van der Waals surface area contributed by atoms with Crippen molar-refractivity contribution < 1.29 is 19.2 Å². The Labute approximate surface area is 172 Å². The minimum atomic E-state index is -0.580. The Morgan fingerprint density at radius 1 is 0.867 bits per heavy atom. The minimum Gasteiger partial charge on any atom is -0.490 e. The molecule has 0 saturated carbocycles. The van der Waals surface area contributed by atoms with Crippen LogP contribution in [0.25, 0.3) is 0 Å². The molecule has 2 amide bonds. The third-order valence-electron chi connectivity index (χ3n) is 4.50. The smallest absolute Gasteiger partial charge is 0.310 e. The maximum absolute atomic E-state index is 12.6. The molecule has 0 aromatic heterocycles. The van der Waals surface area contributed by atoms with Crippen LogP contribution in [0.15, 0.2) is 66.7 Å². The van der Waals surface area contributed by atoms with Crippen LogP contribution in [0.1, 0.15) is 26.3 Å². The summed E-state index contributed by atoms with van der Waals surface area (Å²) in [6, 6.07) is 17.8. The first-order valence-electron chi connectivity index (χ1n) is 9.00. The van der Waals surface area contributed by atoms with E-state index in [9.17, 15) is 19.7 Å². The predicted octanol–water partition coefficient (Wildman–Crippen LogP) is 4.42. The number of nitro groups is 1. The third kappa shape index (κ3) is 4.44. The van der Waals surface area contributed by atoms with Crippen molar-refractivity contribution >= 4 is 28.9 Å². The highest BCUT2D eigenvalue weighted by Gasteiger charge is 2.18. The summed E-state index contributed by atoms with van der Waals surface area (Å²) in [4.78, 5) is 35.5. The van der Waals surface area contributed by atoms with Crippen molar-refractivity contribution in [3.63, 3.8) is 0 Å². The van der Waals surface area contributed by atoms with Gasteiger partial charge in [0.25, 0.3) is 11.8 Å². The number of nitrogens with zero attached hydrogens (tertiary/aromatic N) is 1. The summed E-state index contributed by atoms with van der Waals surface area (Å²) in [5.41, 5.74) is 2.23. The van der Waals surface area contributed by atoms with Gasteiger partial charge in [-0.25, -0.2) is 0 Å². The number of rotatable bonds is 6. The number of carbonyl (C=O) groups excluding carboxylic acids is 2. The molecule has 30 heavy (non-hydrogen) atoms. The van der Waals surface area contributed by atoms with Crippen LogP contribution in [0, 0.1) is 17.0 Å². The molecule has 3 aromatic rings. The first kappa shape index (κ1) is 20.5. The van der Waals surface area contributed by atoms with Crippen LogP contribution >= 0.6 is 0 Å². The fraction of sp³-hybridized carbons (Fsp3) is 0.0909. The maximum atomic E-state index is 12.6. The van der Waals surface area contributed by atoms with Crippen LogP contribution < -0.4 is 15.4 Å². The molecule has 3 aromatic carbocycles. The molecule has 0 heterocycles. The second-order valence-electron chi connectivity index (χ2n) is 6.40. The number of carbonyl (C=O) groups is 2. The Balaban J connectivity index is 1.80. The topological polar surface area (TPSA) is 111 Å². The summed E-state index contributed by atoms with van der Waals surface area (Å²) in [5, 5.41) is 16.6. The van der Waals surface area contributed by atoms with Gasteiger partial charge in [-0.2, -0.15) is 0 Å². The Bertz CT molecular complexity index is 1110. The van der Waals surface area contributed by atoms with Gasteiger partial charge in [-0.3, -0.25) is 19.7 Å². The summed E-state index contributed by atoms with van der Waals surface area (Å²) in [7, 11) is 1.30. The fourth-order valence-corrected chi connectivity index (χ4v) is 2.85. The van der Waals surface area contributed by atoms with Crippen molar-refractivity contribution in [3.8, 4) is 5.75 Å². The average molecular weight is 405 g/mol. The maximum Gasteiger partial charge on any atom is 0.310 e. The zero-order valence-corrected chi connectivity index (χ0v) is 16.3. The zero-order chi connectivity index (χ0) is 21.7. The molecular formula is C22H19N3O5. The van der Waals surface area contributed by atoms with Gasteiger partial charge in [-0.05, 0) is 42.8 Å². The first-order chi connectivity index (χ1) is 14.4. The second kappa shape index (κ2) is 8.87. The van der Waals surface area contributed by atoms with Crippen LogP contribution in [0.2, 0.25) is 0 Å². The van der Waals surface area contributed by atoms with E-state index >= 15 is 0 Å². The summed E-state index contributed by atoms with van der Waals surface area (Å²) in [5.74, 6) is -0.728. The van der Waals surface area contributed by atoms with Gasteiger partial charge in [0.15, 0.2) is 5.75 Å².